The number of H-pyrrole nitrogens is 1. The van der Waals surface area contributed by atoms with Gasteiger partial charge < -0.3 is 10.3 Å². The summed E-state index contributed by atoms with van der Waals surface area (Å²) in [6.45, 7) is 0. The van der Waals surface area contributed by atoms with Crippen LogP contribution in [-0.2, 0) is 4.79 Å². The maximum atomic E-state index is 13.2. The number of rotatable bonds is 6. The molecule has 2 aromatic heterocycles. The van der Waals surface area contributed by atoms with E-state index in [9.17, 15) is 9.59 Å². The SMILES string of the molecule is O=C(CSc1nc2c(-c3ccccc3)c[nH]c2c(=O)n1C1CC1)Nc1ccc(Br)cc1. The molecule has 0 saturated heterocycles. The zero-order valence-electron chi connectivity index (χ0n) is 16.5. The Labute approximate surface area is 191 Å². The number of halogens is 1. The van der Waals surface area contributed by atoms with Crippen LogP contribution in [0.2, 0.25) is 0 Å². The van der Waals surface area contributed by atoms with E-state index in [0.29, 0.717) is 16.2 Å². The van der Waals surface area contributed by atoms with Crippen molar-refractivity contribution in [2.45, 2.75) is 24.0 Å². The molecule has 0 atom stereocenters. The van der Waals surface area contributed by atoms with Crippen LogP contribution in [0.4, 0.5) is 5.69 Å². The third kappa shape index (κ3) is 4.18. The van der Waals surface area contributed by atoms with Crippen LogP contribution >= 0.6 is 27.7 Å². The molecule has 4 aromatic rings. The number of nitrogens with one attached hydrogen (secondary N) is 2. The van der Waals surface area contributed by atoms with Crippen molar-refractivity contribution >= 4 is 50.3 Å². The minimum absolute atomic E-state index is 0.0782. The zero-order chi connectivity index (χ0) is 21.4. The normalized spacial score (nSPS) is 13.5. The predicted molar refractivity (Wildman–Crippen MR) is 128 cm³/mol. The Morgan fingerprint density at radius 2 is 1.90 bits per heavy atom. The summed E-state index contributed by atoms with van der Waals surface area (Å²) in [4.78, 5) is 33.7. The van der Waals surface area contributed by atoms with E-state index in [1.165, 1.54) is 11.8 Å². The summed E-state index contributed by atoms with van der Waals surface area (Å²) < 4.78 is 2.69. The highest BCUT2D eigenvalue weighted by molar-refractivity contribution is 9.10. The Kier molecular flexibility index (Phi) is 5.41. The van der Waals surface area contributed by atoms with Crippen molar-refractivity contribution in [1.82, 2.24) is 14.5 Å². The highest BCUT2D eigenvalue weighted by Gasteiger charge is 2.29. The molecule has 2 aromatic carbocycles. The summed E-state index contributed by atoms with van der Waals surface area (Å²) in [6.07, 6.45) is 3.75. The summed E-state index contributed by atoms with van der Waals surface area (Å²) in [6, 6.07) is 17.4. The first-order valence-corrected chi connectivity index (χ1v) is 11.8. The summed E-state index contributed by atoms with van der Waals surface area (Å²) in [5.74, 6) is 0.0348. The van der Waals surface area contributed by atoms with Gasteiger partial charge in [0.2, 0.25) is 5.91 Å². The summed E-state index contributed by atoms with van der Waals surface area (Å²) >= 11 is 4.68. The fraction of sp³-hybridized carbons (Fsp3) is 0.174. The van der Waals surface area contributed by atoms with Crippen molar-refractivity contribution in [3.05, 3.63) is 75.6 Å². The van der Waals surface area contributed by atoms with Crippen LogP contribution < -0.4 is 10.9 Å². The Hall–Kier alpha value is -2.84. The highest BCUT2D eigenvalue weighted by Crippen LogP contribution is 2.37. The molecule has 31 heavy (non-hydrogen) atoms. The summed E-state index contributed by atoms with van der Waals surface area (Å²) in [5.41, 5.74) is 3.68. The fourth-order valence-corrected chi connectivity index (χ4v) is 4.63. The van der Waals surface area contributed by atoms with E-state index in [2.05, 4.69) is 26.2 Å². The van der Waals surface area contributed by atoms with Crippen LogP contribution in [0.5, 0.6) is 0 Å². The lowest BCUT2D eigenvalue weighted by Gasteiger charge is -2.12. The van der Waals surface area contributed by atoms with Crippen LogP contribution in [0.15, 0.2) is 75.2 Å². The maximum absolute atomic E-state index is 13.2. The molecule has 1 fully saturated rings. The second-order valence-corrected chi connectivity index (χ2v) is 9.29. The molecule has 1 aliphatic carbocycles. The number of nitrogens with zero attached hydrogens (tertiary/aromatic N) is 2. The van der Waals surface area contributed by atoms with Gasteiger partial charge in [0.1, 0.15) is 11.0 Å². The molecule has 0 unspecified atom stereocenters. The van der Waals surface area contributed by atoms with Gasteiger partial charge in [-0.05, 0) is 42.7 Å². The maximum Gasteiger partial charge on any atom is 0.278 e. The third-order valence-corrected chi connectivity index (χ3v) is 6.64. The molecular formula is C23H19BrN4O2S. The van der Waals surface area contributed by atoms with Crippen molar-refractivity contribution in [1.29, 1.82) is 0 Å². The van der Waals surface area contributed by atoms with Gasteiger partial charge in [-0.2, -0.15) is 0 Å². The first-order chi connectivity index (χ1) is 15.1. The topological polar surface area (TPSA) is 79.8 Å². The first-order valence-electron chi connectivity index (χ1n) is 9.97. The van der Waals surface area contributed by atoms with Gasteiger partial charge >= 0.3 is 0 Å². The minimum Gasteiger partial charge on any atom is -0.355 e. The number of carbonyl (C=O) groups is 1. The Bertz CT molecular complexity index is 1310. The lowest BCUT2D eigenvalue weighted by atomic mass is 10.1. The molecule has 8 heteroatoms. The van der Waals surface area contributed by atoms with E-state index in [-0.39, 0.29) is 23.3 Å². The molecule has 0 spiro atoms. The average molecular weight is 495 g/mol. The van der Waals surface area contributed by atoms with Gasteiger partial charge in [0.05, 0.1) is 5.75 Å². The van der Waals surface area contributed by atoms with Crippen molar-refractivity contribution in [2.24, 2.45) is 0 Å². The lowest BCUT2D eigenvalue weighted by molar-refractivity contribution is -0.113. The lowest BCUT2D eigenvalue weighted by Crippen LogP contribution is -2.23. The standard InChI is InChI=1S/C23H19BrN4O2S/c24-15-6-8-16(9-7-15)26-19(29)13-31-23-27-20-18(14-4-2-1-3-5-14)12-25-21(20)22(30)28(23)17-10-11-17/h1-9,12,17,25H,10-11,13H2,(H,26,29). The number of aromatic nitrogens is 3. The summed E-state index contributed by atoms with van der Waals surface area (Å²) in [5, 5.41) is 3.47. The number of anilines is 1. The van der Waals surface area contributed by atoms with Gasteiger partial charge in [-0.3, -0.25) is 14.2 Å². The molecule has 1 amide bonds. The van der Waals surface area contributed by atoms with E-state index in [4.69, 9.17) is 4.98 Å². The summed E-state index contributed by atoms with van der Waals surface area (Å²) in [7, 11) is 0. The monoisotopic (exact) mass is 494 g/mol. The van der Waals surface area contributed by atoms with Crippen molar-refractivity contribution in [3.8, 4) is 11.1 Å². The number of thioether (sulfide) groups is 1. The smallest absolute Gasteiger partial charge is 0.278 e. The van der Waals surface area contributed by atoms with E-state index in [1.54, 1.807) is 4.57 Å². The van der Waals surface area contributed by atoms with Gasteiger partial charge in [0.15, 0.2) is 5.16 Å². The van der Waals surface area contributed by atoms with Crippen LogP contribution in [0.3, 0.4) is 0 Å². The third-order valence-electron chi connectivity index (χ3n) is 5.16. The molecule has 6 nitrogen and oxygen atoms in total. The molecule has 5 rings (SSSR count). The van der Waals surface area contributed by atoms with Crippen LogP contribution in [0.25, 0.3) is 22.2 Å². The van der Waals surface area contributed by atoms with E-state index >= 15 is 0 Å². The van der Waals surface area contributed by atoms with Gasteiger partial charge in [-0.15, -0.1) is 0 Å². The molecule has 1 aliphatic rings. The Balaban J connectivity index is 1.45. The fourth-order valence-electron chi connectivity index (χ4n) is 3.51. The van der Waals surface area contributed by atoms with Gasteiger partial charge in [0.25, 0.3) is 5.56 Å². The predicted octanol–water partition coefficient (Wildman–Crippen LogP) is 5.22. The zero-order valence-corrected chi connectivity index (χ0v) is 18.9. The molecule has 2 N–H and O–H groups in total. The van der Waals surface area contributed by atoms with Crippen molar-refractivity contribution in [3.63, 3.8) is 0 Å². The average Bonchev–Trinajstić information content (AvgIpc) is 3.52. The molecule has 1 saturated carbocycles. The Morgan fingerprint density at radius 1 is 1.16 bits per heavy atom. The Morgan fingerprint density at radius 3 is 2.61 bits per heavy atom. The van der Waals surface area contributed by atoms with Gasteiger partial charge in [-0.25, -0.2) is 4.98 Å². The molecule has 0 radical (unpaired) electrons. The van der Waals surface area contributed by atoms with Gasteiger partial charge in [0, 0.05) is 28.0 Å². The number of aromatic amines is 1. The van der Waals surface area contributed by atoms with Crippen molar-refractivity contribution in [2.75, 3.05) is 11.1 Å². The number of carbonyl (C=O) groups excluding carboxylic acids is 1. The molecular weight excluding hydrogens is 476 g/mol. The van der Waals surface area contributed by atoms with Crippen LogP contribution in [0.1, 0.15) is 18.9 Å². The van der Waals surface area contributed by atoms with Crippen LogP contribution in [0, 0.1) is 0 Å². The molecule has 0 aliphatic heterocycles. The number of benzene rings is 2. The minimum atomic E-state index is -0.138. The second kappa shape index (κ2) is 8.36. The molecule has 156 valence electrons. The molecule has 0 bridgehead atoms. The first kappa shape index (κ1) is 20.1. The van der Waals surface area contributed by atoms with E-state index in [1.807, 2.05) is 60.8 Å². The quantitative estimate of drug-likeness (QED) is 0.284. The number of hydrogen-bond donors (Lipinski definition) is 2. The van der Waals surface area contributed by atoms with Gasteiger partial charge in [-0.1, -0.05) is 58.0 Å². The molecule has 2 heterocycles. The van der Waals surface area contributed by atoms with E-state index < -0.39 is 0 Å². The van der Waals surface area contributed by atoms with Crippen molar-refractivity contribution < 1.29 is 4.79 Å². The van der Waals surface area contributed by atoms with E-state index in [0.717, 1.165) is 34.1 Å². The largest absolute Gasteiger partial charge is 0.355 e. The number of hydrogen-bond acceptors (Lipinski definition) is 4. The number of amides is 1. The van der Waals surface area contributed by atoms with Crippen LogP contribution in [-0.4, -0.2) is 26.2 Å². The number of fused-ring (bicyclic) bond motifs is 1. The second-order valence-electron chi connectivity index (χ2n) is 7.44. The highest BCUT2D eigenvalue weighted by atomic mass is 79.9.